The van der Waals surface area contributed by atoms with Crippen molar-refractivity contribution < 1.29 is 0 Å². The van der Waals surface area contributed by atoms with Crippen LogP contribution in [-0.2, 0) is 0 Å². The number of benzene rings is 1. The van der Waals surface area contributed by atoms with Crippen molar-refractivity contribution in [2.75, 3.05) is 0 Å². The molecular weight excluding hydrogens is 176 g/mol. The highest BCUT2D eigenvalue weighted by Gasteiger charge is 1.97. The summed E-state index contributed by atoms with van der Waals surface area (Å²) in [7, 11) is 0. The molecule has 0 saturated heterocycles. The highest BCUT2D eigenvalue weighted by molar-refractivity contribution is 8.03. The first kappa shape index (κ1) is 10.1. The summed E-state index contributed by atoms with van der Waals surface area (Å²) in [5.74, 6) is 0. The molecule has 1 heteroatoms. The van der Waals surface area contributed by atoms with Gasteiger partial charge in [0.1, 0.15) is 0 Å². The molecule has 0 N–H and O–H groups in total. The second kappa shape index (κ2) is 4.93. The normalized spacial score (nSPS) is 10.6. The van der Waals surface area contributed by atoms with Gasteiger partial charge in [-0.1, -0.05) is 48.7 Å². The van der Waals surface area contributed by atoms with E-state index in [-0.39, 0.29) is 0 Å². The summed E-state index contributed by atoms with van der Waals surface area (Å²) >= 11 is 1.71. The van der Waals surface area contributed by atoms with Crippen molar-refractivity contribution in [1.82, 2.24) is 0 Å². The third-order valence-corrected chi connectivity index (χ3v) is 2.76. The van der Waals surface area contributed by atoms with Crippen LogP contribution in [0.5, 0.6) is 0 Å². The SMILES string of the molecule is C=C(/C=C\C)Sc1ccccc1C. The Labute approximate surface area is 84.4 Å². The van der Waals surface area contributed by atoms with Crippen molar-refractivity contribution in [1.29, 1.82) is 0 Å². The van der Waals surface area contributed by atoms with Gasteiger partial charge in [-0.3, -0.25) is 0 Å². The van der Waals surface area contributed by atoms with E-state index in [1.807, 2.05) is 19.1 Å². The first-order valence-corrected chi connectivity index (χ1v) is 5.11. The molecule has 13 heavy (non-hydrogen) atoms. The van der Waals surface area contributed by atoms with Gasteiger partial charge in [0.15, 0.2) is 0 Å². The van der Waals surface area contributed by atoms with Crippen LogP contribution >= 0.6 is 11.8 Å². The second-order valence-corrected chi connectivity index (χ2v) is 4.00. The lowest BCUT2D eigenvalue weighted by Gasteiger charge is -2.03. The maximum atomic E-state index is 3.96. The van der Waals surface area contributed by atoms with Crippen LogP contribution in [0, 0.1) is 6.92 Å². The van der Waals surface area contributed by atoms with E-state index in [1.54, 1.807) is 11.8 Å². The summed E-state index contributed by atoms with van der Waals surface area (Å²) in [6.07, 6.45) is 4.03. The summed E-state index contributed by atoms with van der Waals surface area (Å²) in [6, 6.07) is 8.34. The highest BCUT2D eigenvalue weighted by Crippen LogP contribution is 2.28. The number of thioether (sulfide) groups is 1. The van der Waals surface area contributed by atoms with E-state index in [2.05, 4.69) is 37.8 Å². The van der Waals surface area contributed by atoms with Gasteiger partial charge >= 0.3 is 0 Å². The van der Waals surface area contributed by atoms with E-state index in [9.17, 15) is 0 Å². The van der Waals surface area contributed by atoms with Gasteiger partial charge in [-0.2, -0.15) is 0 Å². The Balaban J connectivity index is 2.74. The monoisotopic (exact) mass is 190 g/mol. The van der Waals surface area contributed by atoms with Gasteiger partial charge in [0.05, 0.1) is 0 Å². The van der Waals surface area contributed by atoms with Gasteiger partial charge in [0.25, 0.3) is 0 Å². The van der Waals surface area contributed by atoms with Crippen molar-refractivity contribution in [2.24, 2.45) is 0 Å². The average molecular weight is 190 g/mol. The zero-order valence-electron chi connectivity index (χ0n) is 8.08. The highest BCUT2D eigenvalue weighted by atomic mass is 32.2. The Hall–Kier alpha value is -0.950. The number of hydrogen-bond donors (Lipinski definition) is 0. The predicted octanol–water partition coefficient (Wildman–Crippen LogP) is 4.18. The zero-order chi connectivity index (χ0) is 9.68. The van der Waals surface area contributed by atoms with Crippen molar-refractivity contribution >= 4 is 11.8 Å². The van der Waals surface area contributed by atoms with Crippen molar-refractivity contribution in [3.8, 4) is 0 Å². The standard InChI is InChI=1S/C12H14S/c1-4-7-11(3)13-12-9-6-5-8-10(12)2/h4-9H,3H2,1-2H3/b7-4-. The molecule has 1 aromatic rings. The number of aryl methyl sites for hydroxylation is 1. The molecule has 0 radical (unpaired) electrons. The molecule has 68 valence electrons. The van der Waals surface area contributed by atoms with E-state index < -0.39 is 0 Å². The van der Waals surface area contributed by atoms with Crippen molar-refractivity contribution in [2.45, 2.75) is 18.7 Å². The van der Waals surface area contributed by atoms with Crippen LogP contribution in [0.15, 0.2) is 52.8 Å². The van der Waals surface area contributed by atoms with Gasteiger partial charge in [0.2, 0.25) is 0 Å². The Morgan fingerprint density at radius 3 is 2.69 bits per heavy atom. The minimum absolute atomic E-state index is 1.08. The molecule has 0 amide bonds. The van der Waals surface area contributed by atoms with Crippen LogP contribution in [0.1, 0.15) is 12.5 Å². The first-order chi connectivity index (χ1) is 6.24. The van der Waals surface area contributed by atoms with Crippen LogP contribution in [0.4, 0.5) is 0 Å². The number of allylic oxidation sites excluding steroid dienone is 2. The quantitative estimate of drug-likeness (QED) is 0.509. The van der Waals surface area contributed by atoms with Gasteiger partial charge < -0.3 is 0 Å². The number of hydrogen-bond acceptors (Lipinski definition) is 1. The number of rotatable bonds is 3. The van der Waals surface area contributed by atoms with Crippen LogP contribution in [0.3, 0.4) is 0 Å². The van der Waals surface area contributed by atoms with E-state index >= 15 is 0 Å². The van der Waals surface area contributed by atoms with E-state index in [4.69, 9.17) is 0 Å². The second-order valence-electron chi connectivity index (χ2n) is 2.83. The van der Waals surface area contributed by atoms with Crippen molar-refractivity contribution in [3.05, 3.63) is 53.5 Å². The predicted molar refractivity (Wildman–Crippen MR) is 61.0 cm³/mol. The third kappa shape index (κ3) is 3.11. The Kier molecular flexibility index (Phi) is 3.84. The van der Waals surface area contributed by atoms with E-state index in [1.165, 1.54) is 10.5 Å². The van der Waals surface area contributed by atoms with Crippen LogP contribution in [-0.4, -0.2) is 0 Å². The molecule has 0 bridgehead atoms. The van der Waals surface area contributed by atoms with Crippen molar-refractivity contribution in [3.63, 3.8) is 0 Å². The average Bonchev–Trinajstić information content (AvgIpc) is 2.09. The summed E-state index contributed by atoms with van der Waals surface area (Å²) in [4.78, 5) is 2.36. The molecule has 0 saturated carbocycles. The molecule has 0 unspecified atom stereocenters. The molecular formula is C12H14S. The van der Waals surface area contributed by atoms with Gasteiger partial charge in [-0.25, -0.2) is 0 Å². The molecule has 0 nitrogen and oxygen atoms in total. The molecule has 0 aromatic heterocycles. The first-order valence-electron chi connectivity index (χ1n) is 4.29. The molecule has 0 heterocycles. The lowest BCUT2D eigenvalue weighted by Crippen LogP contribution is -1.77. The topological polar surface area (TPSA) is 0 Å². The minimum Gasteiger partial charge on any atom is -0.0905 e. The third-order valence-electron chi connectivity index (χ3n) is 1.69. The Bertz CT molecular complexity index is 324. The maximum absolute atomic E-state index is 3.96. The molecule has 1 rings (SSSR count). The molecule has 0 aliphatic heterocycles. The summed E-state index contributed by atoms with van der Waals surface area (Å²) in [5.41, 5.74) is 1.30. The fourth-order valence-corrected chi connectivity index (χ4v) is 1.89. The Morgan fingerprint density at radius 1 is 1.38 bits per heavy atom. The molecule has 0 atom stereocenters. The van der Waals surface area contributed by atoms with E-state index in [0.29, 0.717) is 0 Å². The van der Waals surface area contributed by atoms with Gasteiger partial charge in [0, 0.05) is 9.80 Å². The molecule has 0 spiro atoms. The van der Waals surface area contributed by atoms with Gasteiger partial charge in [-0.05, 0) is 25.5 Å². The minimum atomic E-state index is 1.08. The molecule has 0 fully saturated rings. The van der Waals surface area contributed by atoms with Crippen LogP contribution < -0.4 is 0 Å². The van der Waals surface area contributed by atoms with Crippen LogP contribution in [0.25, 0.3) is 0 Å². The molecule has 0 aliphatic carbocycles. The summed E-state index contributed by atoms with van der Waals surface area (Å²) in [5, 5.41) is 0. The van der Waals surface area contributed by atoms with E-state index in [0.717, 1.165) is 4.91 Å². The van der Waals surface area contributed by atoms with Crippen LogP contribution in [0.2, 0.25) is 0 Å². The zero-order valence-corrected chi connectivity index (χ0v) is 8.90. The lowest BCUT2D eigenvalue weighted by molar-refractivity contribution is 1.31. The Morgan fingerprint density at radius 2 is 2.08 bits per heavy atom. The smallest absolute Gasteiger partial charge is 0.0151 e. The molecule has 1 aromatic carbocycles. The fourth-order valence-electron chi connectivity index (χ4n) is 1.03. The largest absolute Gasteiger partial charge is 0.0905 e. The molecule has 0 aliphatic rings. The fraction of sp³-hybridized carbons (Fsp3) is 0.167. The summed E-state index contributed by atoms with van der Waals surface area (Å²) in [6.45, 7) is 8.08. The summed E-state index contributed by atoms with van der Waals surface area (Å²) < 4.78 is 0. The lowest BCUT2D eigenvalue weighted by atomic mass is 10.2. The maximum Gasteiger partial charge on any atom is 0.0151 e. The van der Waals surface area contributed by atoms with Gasteiger partial charge in [-0.15, -0.1) is 0 Å².